The second-order valence-electron chi connectivity index (χ2n) is 8.30. The number of halogens is 5. The van der Waals surface area contributed by atoms with Crippen molar-refractivity contribution < 1.29 is 26.4 Å². The van der Waals surface area contributed by atoms with Gasteiger partial charge in [-0.05, 0) is 36.2 Å². The molecule has 0 unspecified atom stereocenters. The number of anilines is 2. The third-order valence-electron chi connectivity index (χ3n) is 5.87. The number of alkyl halides is 3. The van der Waals surface area contributed by atoms with E-state index < -0.39 is 32.7 Å². The van der Waals surface area contributed by atoms with E-state index in [1.54, 1.807) is 4.90 Å². The molecule has 1 aliphatic heterocycles. The summed E-state index contributed by atoms with van der Waals surface area (Å²) in [7, 11) is -3.85. The first-order valence-corrected chi connectivity index (χ1v) is 13.2. The normalized spacial score (nSPS) is 16.1. The molecule has 2 heterocycles. The summed E-state index contributed by atoms with van der Waals surface area (Å²) in [6, 6.07) is 8.75. The molecule has 1 aromatic heterocycles. The number of aromatic nitrogens is 2. The molecule has 3 N–H and O–H groups in total. The van der Waals surface area contributed by atoms with Crippen LogP contribution < -0.4 is 16.0 Å². The Morgan fingerprint density at radius 1 is 1.16 bits per heavy atom. The highest BCUT2D eigenvalue weighted by Gasteiger charge is 2.37. The second-order valence-corrected chi connectivity index (χ2v) is 11.3. The van der Waals surface area contributed by atoms with Crippen molar-refractivity contribution in [2.75, 3.05) is 23.7 Å². The number of hydrogen-bond acceptors (Lipinski definition) is 7. The van der Waals surface area contributed by atoms with E-state index in [1.165, 1.54) is 36.5 Å². The molecule has 1 atom stereocenters. The average molecular weight is 574 g/mol. The van der Waals surface area contributed by atoms with Crippen molar-refractivity contribution in [2.45, 2.75) is 29.3 Å². The van der Waals surface area contributed by atoms with Gasteiger partial charge in [0.25, 0.3) is 5.91 Å². The predicted molar refractivity (Wildman–Crippen MR) is 133 cm³/mol. The van der Waals surface area contributed by atoms with Gasteiger partial charge in [-0.2, -0.15) is 18.2 Å². The molecule has 1 saturated heterocycles. The van der Waals surface area contributed by atoms with Gasteiger partial charge in [0.1, 0.15) is 11.4 Å². The van der Waals surface area contributed by atoms with E-state index in [2.05, 4.69) is 15.3 Å². The highest BCUT2D eigenvalue weighted by atomic mass is 35.5. The summed E-state index contributed by atoms with van der Waals surface area (Å²) in [5, 5.41) is 1.84. The first kappa shape index (κ1) is 27.0. The smallest absolute Gasteiger partial charge is 0.368 e. The summed E-state index contributed by atoms with van der Waals surface area (Å²) in [6.45, 7) is 0.226. The summed E-state index contributed by atoms with van der Waals surface area (Å²) >= 11 is 12.1. The Bertz CT molecular complexity index is 1440. The van der Waals surface area contributed by atoms with Gasteiger partial charge in [0, 0.05) is 25.8 Å². The molecule has 0 saturated carbocycles. The molecule has 14 heteroatoms. The quantitative estimate of drug-likeness (QED) is 0.449. The number of carbonyl (C=O) groups excluding carboxylic acids is 1. The topological polar surface area (TPSA) is 118 Å². The summed E-state index contributed by atoms with van der Waals surface area (Å²) < 4.78 is 64.8. The number of nitrogens with two attached hydrogens (primary N) is 1. The Kier molecular flexibility index (Phi) is 7.54. The van der Waals surface area contributed by atoms with E-state index in [1.807, 2.05) is 0 Å². The van der Waals surface area contributed by atoms with Crippen LogP contribution in [0.2, 0.25) is 10.0 Å². The van der Waals surface area contributed by atoms with E-state index in [0.29, 0.717) is 5.56 Å². The fourth-order valence-corrected chi connectivity index (χ4v) is 6.39. The number of sulfone groups is 1. The number of hydrogen-bond donors (Lipinski definition) is 2. The maximum Gasteiger partial charge on any atom is 0.416 e. The van der Waals surface area contributed by atoms with Crippen molar-refractivity contribution in [1.29, 1.82) is 0 Å². The van der Waals surface area contributed by atoms with Crippen LogP contribution in [-0.2, 0) is 22.6 Å². The van der Waals surface area contributed by atoms with E-state index in [9.17, 15) is 26.4 Å². The molecular weight excluding hydrogens is 554 g/mol. The summed E-state index contributed by atoms with van der Waals surface area (Å²) in [6.07, 6.45) is -3.01. The van der Waals surface area contributed by atoms with Gasteiger partial charge in [-0.25, -0.2) is 13.4 Å². The lowest BCUT2D eigenvalue weighted by molar-refractivity contribution is -0.137. The van der Waals surface area contributed by atoms with Crippen LogP contribution in [0.3, 0.4) is 0 Å². The Balaban J connectivity index is 1.51. The first-order chi connectivity index (χ1) is 17.4. The average Bonchev–Trinajstić information content (AvgIpc) is 3.35. The maximum atomic E-state index is 13.2. The summed E-state index contributed by atoms with van der Waals surface area (Å²) in [5.74, 6) is -0.565. The highest BCUT2D eigenvalue weighted by Crippen LogP contribution is 2.35. The van der Waals surface area contributed by atoms with Gasteiger partial charge in [-0.3, -0.25) is 4.79 Å². The van der Waals surface area contributed by atoms with E-state index >= 15 is 0 Å². The molecule has 8 nitrogen and oxygen atoms in total. The highest BCUT2D eigenvalue weighted by molar-refractivity contribution is 7.92. The number of nitrogen functional groups attached to an aromatic ring is 1. The number of benzene rings is 2. The lowest BCUT2D eigenvalue weighted by atomic mass is 10.1. The van der Waals surface area contributed by atoms with Crippen molar-refractivity contribution in [1.82, 2.24) is 15.3 Å². The number of rotatable bonds is 6. The zero-order chi connectivity index (χ0) is 27.0. The van der Waals surface area contributed by atoms with Gasteiger partial charge in [0.2, 0.25) is 5.95 Å². The minimum absolute atomic E-state index is 0.0147. The lowest BCUT2D eigenvalue weighted by Gasteiger charge is -2.21. The van der Waals surface area contributed by atoms with Crippen molar-refractivity contribution in [3.63, 3.8) is 0 Å². The number of carbonyl (C=O) groups is 1. The molecule has 2 aromatic carbocycles. The molecule has 1 aliphatic rings. The monoisotopic (exact) mass is 573 g/mol. The van der Waals surface area contributed by atoms with Crippen molar-refractivity contribution >= 4 is 50.7 Å². The summed E-state index contributed by atoms with van der Waals surface area (Å²) in [4.78, 5) is 22.5. The van der Waals surface area contributed by atoms with E-state index in [4.69, 9.17) is 28.9 Å². The molecule has 3 aromatic rings. The van der Waals surface area contributed by atoms with Gasteiger partial charge in [0.05, 0.1) is 25.8 Å². The zero-order valence-corrected chi connectivity index (χ0v) is 21.3. The first-order valence-electron chi connectivity index (χ1n) is 10.9. The minimum Gasteiger partial charge on any atom is -0.368 e. The van der Waals surface area contributed by atoms with Gasteiger partial charge in [-0.15, -0.1) is 0 Å². The van der Waals surface area contributed by atoms with Gasteiger partial charge < -0.3 is 16.0 Å². The SMILES string of the molecule is Nc1ncc(C(=O)NCc2ccc(C(F)(F)F)cc2)c(N2CC[C@H](S(=O)(=O)c3cccc(Cl)c3Cl)C2)n1. The molecule has 196 valence electrons. The standard InChI is InChI=1S/C23H20Cl2F3N5O3S/c24-17-2-1-3-18(19(17)25)37(35,36)15-8-9-33(12-15)20-16(11-31-22(29)32-20)21(34)30-10-13-4-6-14(7-5-13)23(26,27)28/h1-7,11,15H,8-10,12H2,(H,30,34)(H2,29,31,32)/t15-/m0/s1. The Hall–Kier alpha value is -3.09. The van der Waals surface area contributed by atoms with Crippen molar-refractivity contribution in [2.24, 2.45) is 0 Å². The van der Waals surface area contributed by atoms with Crippen LogP contribution in [0, 0.1) is 0 Å². The molecule has 0 bridgehead atoms. The Labute approximate surface area is 220 Å². The van der Waals surface area contributed by atoms with Crippen LogP contribution in [0.4, 0.5) is 24.9 Å². The Morgan fingerprint density at radius 3 is 2.54 bits per heavy atom. The predicted octanol–water partition coefficient (Wildman–Crippen LogP) is 4.37. The third-order valence-corrected chi connectivity index (χ3v) is 9.02. The number of nitrogens with one attached hydrogen (secondary N) is 1. The fourth-order valence-electron chi connectivity index (χ4n) is 3.93. The molecular formula is C23H20Cl2F3N5O3S. The van der Waals surface area contributed by atoms with E-state index in [-0.39, 0.29) is 58.3 Å². The van der Waals surface area contributed by atoms with Crippen molar-refractivity contribution in [3.05, 3.63) is 75.4 Å². The summed E-state index contributed by atoms with van der Waals surface area (Å²) in [5.41, 5.74) is 5.43. The van der Waals surface area contributed by atoms with Crippen LogP contribution in [0.25, 0.3) is 0 Å². The molecule has 1 amide bonds. The third kappa shape index (κ3) is 5.76. The molecule has 0 radical (unpaired) electrons. The lowest BCUT2D eigenvalue weighted by Crippen LogP contribution is -2.31. The van der Waals surface area contributed by atoms with Crippen LogP contribution in [0.5, 0.6) is 0 Å². The largest absolute Gasteiger partial charge is 0.416 e. The van der Waals surface area contributed by atoms with Gasteiger partial charge >= 0.3 is 6.18 Å². The van der Waals surface area contributed by atoms with Crippen LogP contribution >= 0.6 is 23.2 Å². The Morgan fingerprint density at radius 2 is 1.86 bits per heavy atom. The second kappa shape index (κ2) is 10.3. The maximum absolute atomic E-state index is 13.2. The van der Waals surface area contributed by atoms with Crippen LogP contribution in [0.15, 0.2) is 53.6 Å². The fraction of sp³-hybridized carbons (Fsp3) is 0.261. The number of amides is 1. The van der Waals surface area contributed by atoms with Crippen LogP contribution in [0.1, 0.15) is 27.9 Å². The molecule has 4 rings (SSSR count). The van der Waals surface area contributed by atoms with Gasteiger partial charge in [-0.1, -0.05) is 41.4 Å². The zero-order valence-electron chi connectivity index (χ0n) is 19.0. The number of nitrogens with zero attached hydrogens (tertiary/aromatic N) is 3. The molecule has 0 spiro atoms. The van der Waals surface area contributed by atoms with Crippen LogP contribution in [-0.4, -0.2) is 42.6 Å². The molecule has 0 aliphatic carbocycles. The molecule has 1 fully saturated rings. The molecule has 37 heavy (non-hydrogen) atoms. The minimum atomic E-state index is -4.46. The van der Waals surface area contributed by atoms with Crippen molar-refractivity contribution in [3.8, 4) is 0 Å². The van der Waals surface area contributed by atoms with E-state index in [0.717, 1.165) is 12.1 Å². The van der Waals surface area contributed by atoms with Gasteiger partial charge in [0.15, 0.2) is 9.84 Å².